The second-order valence-corrected chi connectivity index (χ2v) is 3.77. The predicted octanol–water partition coefficient (Wildman–Crippen LogP) is 2.53. The fourth-order valence-corrected chi connectivity index (χ4v) is 1.52. The van der Waals surface area contributed by atoms with Crippen LogP contribution in [0.4, 0.5) is 0 Å². The molecule has 0 aliphatic carbocycles. The zero-order valence-corrected chi connectivity index (χ0v) is 8.07. The predicted molar refractivity (Wildman–Crippen MR) is 53.7 cm³/mol. The second kappa shape index (κ2) is 3.21. The summed E-state index contributed by atoms with van der Waals surface area (Å²) >= 11 is 0. The summed E-state index contributed by atoms with van der Waals surface area (Å²) in [5, 5.41) is 0. The second-order valence-electron chi connectivity index (χ2n) is 3.77. The van der Waals surface area contributed by atoms with E-state index in [1.807, 2.05) is 18.3 Å². The number of hydrogen-bond donors (Lipinski definition) is 0. The van der Waals surface area contributed by atoms with Crippen LogP contribution in [0.3, 0.4) is 0 Å². The quantitative estimate of drug-likeness (QED) is 0.684. The van der Waals surface area contributed by atoms with Gasteiger partial charge in [-0.2, -0.15) is 0 Å². The van der Waals surface area contributed by atoms with E-state index in [4.69, 9.17) is 0 Å². The van der Waals surface area contributed by atoms with Gasteiger partial charge in [0.25, 0.3) is 0 Å². The van der Waals surface area contributed by atoms with Crippen LogP contribution in [0, 0.1) is 5.92 Å². The van der Waals surface area contributed by atoms with Crippen LogP contribution in [-0.2, 0) is 6.42 Å². The lowest BCUT2D eigenvalue weighted by atomic mass is 10.1. The number of rotatable bonds is 2. The largest absolute Gasteiger partial charge is 0.304 e. The molecule has 0 atom stereocenters. The average molecular weight is 174 g/mol. The van der Waals surface area contributed by atoms with Crippen LogP contribution in [-0.4, -0.2) is 9.38 Å². The first kappa shape index (κ1) is 8.30. The van der Waals surface area contributed by atoms with Crippen LogP contribution >= 0.6 is 0 Å². The highest BCUT2D eigenvalue weighted by Crippen LogP contribution is 2.10. The van der Waals surface area contributed by atoms with Crippen LogP contribution in [0.1, 0.15) is 19.7 Å². The third kappa shape index (κ3) is 1.57. The van der Waals surface area contributed by atoms with E-state index in [0.717, 1.165) is 12.2 Å². The molecular formula is C11H14N2. The van der Waals surface area contributed by atoms with Gasteiger partial charge in [0.05, 0.1) is 11.7 Å². The van der Waals surface area contributed by atoms with E-state index in [1.165, 1.54) is 5.52 Å². The molecule has 0 aromatic carbocycles. The Morgan fingerprint density at radius 2 is 2.23 bits per heavy atom. The number of pyridine rings is 1. The summed E-state index contributed by atoms with van der Waals surface area (Å²) in [6.07, 6.45) is 5.04. The van der Waals surface area contributed by atoms with Gasteiger partial charge in [-0.1, -0.05) is 19.9 Å². The van der Waals surface area contributed by atoms with Crippen molar-refractivity contribution in [2.24, 2.45) is 5.92 Å². The minimum Gasteiger partial charge on any atom is -0.304 e. The van der Waals surface area contributed by atoms with Crippen LogP contribution in [0.15, 0.2) is 30.6 Å². The molecule has 0 spiro atoms. The highest BCUT2D eigenvalue weighted by atomic mass is 15.0. The minimum absolute atomic E-state index is 0.658. The fourth-order valence-electron chi connectivity index (χ4n) is 1.52. The third-order valence-corrected chi connectivity index (χ3v) is 2.11. The Bertz CT molecular complexity index is 401. The molecule has 0 aliphatic heterocycles. The summed E-state index contributed by atoms with van der Waals surface area (Å²) in [5.41, 5.74) is 1.18. The summed E-state index contributed by atoms with van der Waals surface area (Å²) in [6, 6.07) is 6.16. The van der Waals surface area contributed by atoms with Gasteiger partial charge >= 0.3 is 0 Å². The third-order valence-electron chi connectivity index (χ3n) is 2.11. The van der Waals surface area contributed by atoms with Crippen LogP contribution in [0.2, 0.25) is 0 Å². The lowest BCUT2D eigenvalue weighted by Gasteiger charge is -2.03. The SMILES string of the molecule is CC(C)Cc1ncc2ccccn12. The number of fused-ring (bicyclic) bond motifs is 1. The summed E-state index contributed by atoms with van der Waals surface area (Å²) in [4.78, 5) is 4.40. The van der Waals surface area contributed by atoms with Crippen molar-refractivity contribution in [1.82, 2.24) is 9.38 Å². The number of nitrogens with zero attached hydrogens (tertiary/aromatic N) is 2. The molecule has 2 heteroatoms. The fraction of sp³-hybridized carbons (Fsp3) is 0.364. The van der Waals surface area contributed by atoms with Crippen molar-refractivity contribution in [2.75, 3.05) is 0 Å². The molecule has 13 heavy (non-hydrogen) atoms. The Hall–Kier alpha value is -1.31. The molecule has 0 amide bonds. The zero-order valence-electron chi connectivity index (χ0n) is 8.07. The molecule has 0 radical (unpaired) electrons. The van der Waals surface area contributed by atoms with E-state index in [2.05, 4.69) is 35.5 Å². The molecule has 0 saturated heterocycles. The molecule has 0 bridgehead atoms. The highest BCUT2D eigenvalue weighted by Gasteiger charge is 2.03. The van der Waals surface area contributed by atoms with Crippen molar-refractivity contribution in [1.29, 1.82) is 0 Å². The molecule has 2 rings (SSSR count). The van der Waals surface area contributed by atoms with E-state index in [-0.39, 0.29) is 0 Å². The van der Waals surface area contributed by atoms with Gasteiger partial charge in [0, 0.05) is 12.6 Å². The molecular weight excluding hydrogens is 160 g/mol. The van der Waals surface area contributed by atoms with Crippen molar-refractivity contribution in [2.45, 2.75) is 20.3 Å². The van der Waals surface area contributed by atoms with Crippen LogP contribution < -0.4 is 0 Å². The van der Waals surface area contributed by atoms with E-state index in [0.29, 0.717) is 5.92 Å². The van der Waals surface area contributed by atoms with Crippen molar-refractivity contribution >= 4 is 5.52 Å². The average Bonchev–Trinajstić information content (AvgIpc) is 2.48. The zero-order chi connectivity index (χ0) is 9.26. The molecule has 0 unspecified atom stereocenters. The molecule has 2 heterocycles. The Morgan fingerprint density at radius 3 is 3.00 bits per heavy atom. The monoisotopic (exact) mass is 174 g/mol. The van der Waals surface area contributed by atoms with E-state index >= 15 is 0 Å². The van der Waals surface area contributed by atoms with Crippen molar-refractivity contribution in [3.63, 3.8) is 0 Å². The Labute approximate surface area is 78.2 Å². The molecule has 68 valence electrons. The molecule has 0 fully saturated rings. The van der Waals surface area contributed by atoms with Crippen LogP contribution in [0.25, 0.3) is 5.52 Å². The molecule has 0 saturated carbocycles. The first-order valence-electron chi connectivity index (χ1n) is 4.68. The van der Waals surface area contributed by atoms with Crippen LogP contribution in [0.5, 0.6) is 0 Å². The summed E-state index contributed by atoms with van der Waals surface area (Å²) in [5.74, 6) is 1.82. The van der Waals surface area contributed by atoms with Crippen molar-refractivity contribution < 1.29 is 0 Å². The number of imidazole rings is 1. The number of hydrogen-bond acceptors (Lipinski definition) is 1. The van der Waals surface area contributed by atoms with E-state index < -0.39 is 0 Å². The van der Waals surface area contributed by atoms with Gasteiger partial charge in [0.2, 0.25) is 0 Å². The molecule has 2 nitrogen and oxygen atoms in total. The number of aromatic nitrogens is 2. The standard InChI is InChI=1S/C11H14N2/c1-9(2)7-11-12-8-10-5-3-4-6-13(10)11/h3-6,8-9H,7H2,1-2H3. The van der Waals surface area contributed by atoms with Gasteiger partial charge in [-0.15, -0.1) is 0 Å². The maximum atomic E-state index is 4.40. The Morgan fingerprint density at radius 1 is 1.38 bits per heavy atom. The maximum absolute atomic E-state index is 4.40. The Balaban J connectivity index is 2.46. The van der Waals surface area contributed by atoms with Gasteiger partial charge in [0.1, 0.15) is 5.82 Å². The summed E-state index contributed by atoms with van der Waals surface area (Å²) in [7, 11) is 0. The minimum atomic E-state index is 0.658. The lowest BCUT2D eigenvalue weighted by Crippen LogP contribution is -1.99. The topological polar surface area (TPSA) is 17.3 Å². The molecule has 2 aromatic heterocycles. The summed E-state index contributed by atoms with van der Waals surface area (Å²) in [6.45, 7) is 4.42. The highest BCUT2D eigenvalue weighted by molar-refractivity contribution is 5.45. The first-order valence-corrected chi connectivity index (χ1v) is 4.68. The molecule has 2 aromatic rings. The van der Waals surface area contributed by atoms with Gasteiger partial charge in [0.15, 0.2) is 0 Å². The van der Waals surface area contributed by atoms with E-state index in [9.17, 15) is 0 Å². The van der Waals surface area contributed by atoms with Crippen molar-refractivity contribution in [3.8, 4) is 0 Å². The lowest BCUT2D eigenvalue weighted by molar-refractivity contribution is 0.619. The van der Waals surface area contributed by atoms with Gasteiger partial charge in [-0.25, -0.2) is 4.98 Å². The van der Waals surface area contributed by atoms with Gasteiger partial charge in [-0.3, -0.25) is 0 Å². The van der Waals surface area contributed by atoms with Gasteiger partial charge < -0.3 is 4.40 Å². The van der Waals surface area contributed by atoms with Gasteiger partial charge in [-0.05, 0) is 18.1 Å². The maximum Gasteiger partial charge on any atom is 0.113 e. The van der Waals surface area contributed by atoms with Crippen molar-refractivity contribution in [3.05, 3.63) is 36.4 Å². The summed E-state index contributed by atoms with van der Waals surface area (Å²) < 4.78 is 2.15. The molecule has 0 N–H and O–H groups in total. The molecule has 0 aliphatic rings. The Kier molecular flexibility index (Phi) is 2.05. The van der Waals surface area contributed by atoms with E-state index in [1.54, 1.807) is 0 Å². The smallest absolute Gasteiger partial charge is 0.113 e. The normalized spacial score (nSPS) is 11.3. The first-order chi connectivity index (χ1) is 6.27.